The molecule has 0 radical (unpaired) electrons. The van der Waals surface area contributed by atoms with Gasteiger partial charge in [-0.3, -0.25) is 4.79 Å². The van der Waals surface area contributed by atoms with Crippen LogP contribution < -0.4 is 16.4 Å². The molecule has 0 spiro atoms. The first kappa shape index (κ1) is 34.3. The summed E-state index contributed by atoms with van der Waals surface area (Å²) in [4.78, 5) is 25.0. The highest BCUT2D eigenvalue weighted by molar-refractivity contribution is 5.97. The molecule has 0 bridgehead atoms. The van der Waals surface area contributed by atoms with Gasteiger partial charge in [-0.05, 0) is 90.5 Å². The summed E-state index contributed by atoms with van der Waals surface area (Å²) in [6.45, 7) is 2.35. The van der Waals surface area contributed by atoms with Crippen molar-refractivity contribution < 1.29 is 31.6 Å². The number of rotatable bonds is 12. The highest BCUT2D eigenvalue weighted by Gasteiger charge is 2.44. The van der Waals surface area contributed by atoms with E-state index in [1.165, 1.54) is 18.2 Å². The molecular formula is C37H36F4N4O3. The number of carbonyl (C=O) groups excluding carboxylic acids is 2. The molecule has 3 aromatic carbocycles. The maximum Gasteiger partial charge on any atom is 0.249 e. The maximum atomic E-state index is 15.5. The highest BCUT2D eigenvalue weighted by atomic mass is 19.3. The molecule has 1 aliphatic rings. The van der Waals surface area contributed by atoms with E-state index < -0.39 is 17.6 Å². The Bertz CT molecular complexity index is 1880. The lowest BCUT2D eigenvalue weighted by Gasteiger charge is -2.16. The number of pyridine rings is 1. The lowest BCUT2D eigenvalue weighted by molar-refractivity contribution is -0.122. The van der Waals surface area contributed by atoms with Crippen LogP contribution in [0, 0.1) is 17.6 Å². The molecule has 250 valence electrons. The summed E-state index contributed by atoms with van der Waals surface area (Å²) < 4.78 is 63.8. The molecule has 1 amide bonds. The minimum Gasteiger partial charge on any atom is -0.459 e. The number of anilines is 1. The van der Waals surface area contributed by atoms with Gasteiger partial charge in [0.25, 0.3) is 0 Å². The molecule has 11 heteroatoms. The lowest BCUT2D eigenvalue weighted by Crippen LogP contribution is -2.24. The van der Waals surface area contributed by atoms with Gasteiger partial charge < -0.3 is 25.6 Å². The van der Waals surface area contributed by atoms with Crippen molar-refractivity contribution >= 4 is 29.5 Å². The van der Waals surface area contributed by atoms with Crippen molar-refractivity contribution in [1.82, 2.24) is 15.6 Å². The standard InChI is InChI=1S/C36H34F4N4O2.CH2O/c1-42-13-12-36(39,40)11-10-21-2-8-28(32(38)14-21)24-15-25-16-27(46-34(25)30(17-24)22-3-6-26(37)7-4-22)20-44-35(45)31-18-29(31)23-5-9-33(41)43-19-23;1-2/h2-9,14-17,19,29,31,42H,10-13,18,20H2,1H3,(H2,41,43)(H,44,45);1H2. The minimum atomic E-state index is -2.85. The summed E-state index contributed by atoms with van der Waals surface area (Å²) in [5.74, 6) is -3.02. The summed E-state index contributed by atoms with van der Waals surface area (Å²) in [7, 11) is 1.62. The molecule has 1 aliphatic carbocycles. The lowest BCUT2D eigenvalue weighted by atomic mass is 9.95. The predicted octanol–water partition coefficient (Wildman–Crippen LogP) is 7.43. The number of hydrogen-bond donors (Lipinski definition) is 3. The fourth-order valence-electron chi connectivity index (χ4n) is 5.80. The SMILES string of the molecule is C=O.CNCCC(F)(F)CCc1ccc(-c2cc(-c3ccc(F)cc3)c3oc(CNC(=O)C4CC4c4ccc(N)nc4)cc3c2)c(F)c1. The number of aromatic nitrogens is 1. The van der Waals surface area contributed by atoms with E-state index in [1.807, 2.05) is 12.9 Å². The topological polar surface area (TPSA) is 110 Å². The predicted molar refractivity (Wildman–Crippen MR) is 177 cm³/mol. The molecule has 0 aliphatic heterocycles. The number of nitrogen functional groups attached to an aromatic ring is 1. The van der Waals surface area contributed by atoms with E-state index in [-0.39, 0.29) is 50.1 Å². The first-order valence-electron chi connectivity index (χ1n) is 15.5. The maximum absolute atomic E-state index is 15.5. The van der Waals surface area contributed by atoms with E-state index in [2.05, 4.69) is 15.6 Å². The molecule has 2 atom stereocenters. The fourth-order valence-corrected chi connectivity index (χ4v) is 5.80. The molecule has 1 fully saturated rings. The van der Waals surface area contributed by atoms with Gasteiger partial charge in [-0.1, -0.05) is 30.3 Å². The molecule has 0 saturated heterocycles. The van der Waals surface area contributed by atoms with Gasteiger partial charge >= 0.3 is 0 Å². The summed E-state index contributed by atoms with van der Waals surface area (Å²) in [5.41, 5.74) is 9.76. The summed E-state index contributed by atoms with van der Waals surface area (Å²) in [5, 5.41) is 6.35. The molecule has 5 aromatic rings. The molecule has 2 heterocycles. The Labute approximate surface area is 275 Å². The van der Waals surface area contributed by atoms with E-state index in [4.69, 9.17) is 14.9 Å². The van der Waals surface area contributed by atoms with Gasteiger partial charge in [-0.25, -0.2) is 22.5 Å². The molecule has 1 saturated carbocycles. The third-order valence-corrected chi connectivity index (χ3v) is 8.49. The Morgan fingerprint density at radius 1 is 0.979 bits per heavy atom. The summed E-state index contributed by atoms with van der Waals surface area (Å²) in [6.07, 6.45) is 1.81. The summed E-state index contributed by atoms with van der Waals surface area (Å²) in [6, 6.07) is 19.4. The number of alkyl halides is 2. The van der Waals surface area contributed by atoms with Crippen LogP contribution >= 0.6 is 0 Å². The van der Waals surface area contributed by atoms with Gasteiger partial charge in [0.05, 0.1) is 6.54 Å². The number of nitrogens with two attached hydrogens (primary N) is 1. The van der Waals surface area contributed by atoms with Crippen LogP contribution in [-0.4, -0.2) is 37.2 Å². The molecule has 48 heavy (non-hydrogen) atoms. The number of amides is 1. The average molecular weight is 661 g/mol. The zero-order valence-corrected chi connectivity index (χ0v) is 26.4. The third-order valence-electron chi connectivity index (χ3n) is 8.49. The van der Waals surface area contributed by atoms with E-state index in [0.29, 0.717) is 50.4 Å². The molecule has 2 aromatic heterocycles. The Kier molecular flexibility index (Phi) is 10.6. The normalized spacial score (nSPS) is 15.5. The second-order valence-corrected chi connectivity index (χ2v) is 11.9. The van der Waals surface area contributed by atoms with Crippen LogP contribution in [0.25, 0.3) is 33.2 Å². The second kappa shape index (κ2) is 14.8. The third kappa shape index (κ3) is 8.09. The van der Waals surface area contributed by atoms with E-state index in [9.17, 15) is 18.0 Å². The number of nitrogens with zero attached hydrogens (tertiary/aromatic N) is 1. The number of carbonyl (C=O) groups is 2. The molecular weight excluding hydrogens is 624 g/mol. The Balaban J connectivity index is 0.00000221. The van der Waals surface area contributed by atoms with Gasteiger partial charge in [0.2, 0.25) is 11.8 Å². The van der Waals surface area contributed by atoms with Crippen LogP contribution in [-0.2, 0) is 22.6 Å². The Hall–Kier alpha value is -5.03. The number of nitrogens with one attached hydrogen (secondary N) is 2. The van der Waals surface area contributed by atoms with Gasteiger partial charge in [-0.2, -0.15) is 0 Å². The van der Waals surface area contributed by atoms with E-state index in [1.54, 1.807) is 61.8 Å². The van der Waals surface area contributed by atoms with Crippen LogP contribution in [0.15, 0.2) is 83.4 Å². The highest BCUT2D eigenvalue weighted by Crippen LogP contribution is 2.47. The van der Waals surface area contributed by atoms with Crippen LogP contribution in [0.2, 0.25) is 0 Å². The Morgan fingerprint density at radius 2 is 1.75 bits per heavy atom. The van der Waals surface area contributed by atoms with E-state index in [0.717, 1.165) is 12.0 Å². The first-order chi connectivity index (χ1) is 23.1. The van der Waals surface area contributed by atoms with Gasteiger partial charge in [0.1, 0.15) is 35.6 Å². The van der Waals surface area contributed by atoms with Crippen LogP contribution in [0.1, 0.15) is 42.1 Å². The second-order valence-electron chi connectivity index (χ2n) is 11.9. The minimum absolute atomic E-state index is 0.0447. The monoisotopic (exact) mass is 660 g/mol. The smallest absolute Gasteiger partial charge is 0.249 e. The number of hydrogen-bond acceptors (Lipinski definition) is 6. The van der Waals surface area contributed by atoms with Gasteiger partial charge in [0, 0.05) is 48.0 Å². The average Bonchev–Trinajstić information content (AvgIpc) is 3.78. The van der Waals surface area contributed by atoms with Crippen molar-refractivity contribution in [3.05, 3.63) is 108 Å². The summed E-state index contributed by atoms with van der Waals surface area (Å²) >= 11 is 0. The van der Waals surface area contributed by atoms with Gasteiger partial charge in [0.15, 0.2) is 0 Å². The van der Waals surface area contributed by atoms with Crippen molar-refractivity contribution in [2.24, 2.45) is 5.92 Å². The zero-order valence-electron chi connectivity index (χ0n) is 26.4. The number of fused-ring (bicyclic) bond motifs is 1. The van der Waals surface area contributed by atoms with Gasteiger partial charge in [-0.15, -0.1) is 0 Å². The van der Waals surface area contributed by atoms with Crippen LogP contribution in [0.5, 0.6) is 0 Å². The van der Waals surface area contributed by atoms with Crippen molar-refractivity contribution in [3.63, 3.8) is 0 Å². The van der Waals surface area contributed by atoms with Crippen LogP contribution in [0.4, 0.5) is 23.4 Å². The Morgan fingerprint density at radius 3 is 2.44 bits per heavy atom. The van der Waals surface area contributed by atoms with Crippen molar-refractivity contribution in [2.75, 3.05) is 19.3 Å². The van der Waals surface area contributed by atoms with Crippen molar-refractivity contribution in [3.8, 4) is 22.3 Å². The zero-order chi connectivity index (χ0) is 34.4. The number of aryl methyl sites for hydroxylation is 1. The van der Waals surface area contributed by atoms with Crippen molar-refractivity contribution in [2.45, 2.75) is 44.1 Å². The van der Waals surface area contributed by atoms with Crippen LogP contribution in [0.3, 0.4) is 0 Å². The largest absolute Gasteiger partial charge is 0.459 e. The number of halogens is 4. The van der Waals surface area contributed by atoms with Crippen molar-refractivity contribution in [1.29, 1.82) is 0 Å². The number of furan rings is 1. The van der Waals surface area contributed by atoms with E-state index >= 15 is 4.39 Å². The molecule has 7 nitrogen and oxygen atoms in total. The molecule has 2 unspecified atom stereocenters. The fraction of sp³-hybridized carbons (Fsp3) is 0.270. The molecule has 6 rings (SSSR count). The number of benzene rings is 3. The molecule has 4 N–H and O–H groups in total. The quantitative estimate of drug-likeness (QED) is 0.120. The first-order valence-corrected chi connectivity index (χ1v) is 15.5.